The summed E-state index contributed by atoms with van der Waals surface area (Å²) >= 11 is 0. The molecule has 0 amide bonds. The van der Waals surface area contributed by atoms with Crippen molar-refractivity contribution < 1.29 is 13.3 Å². The highest BCUT2D eigenvalue weighted by atomic mass is 28.3. The second-order valence-corrected chi connectivity index (χ2v) is 5.34. The Bertz CT molecular complexity index is 320. The quantitative estimate of drug-likeness (QED) is 0.597. The molecule has 2 N–H and O–H groups in total. The van der Waals surface area contributed by atoms with Crippen molar-refractivity contribution in [3.05, 3.63) is 29.3 Å². The first kappa shape index (κ1) is 14.2. The summed E-state index contributed by atoms with van der Waals surface area (Å²) in [6.07, 6.45) is 0. The zero-order valence-electron chi connectivity index (χ0n) is 10.7. The van der Waals surface area contributed by atoms with Crippen LogP contribution in [0.1, 0.15) is 25.0 Å². The molecule has 0 spiro atoms. The Kier molecular flexibility index (Phi) is 6.21. The molecule has 0 aliphatic heterocycles. The highest BCUT2D eigenvalue weighted by Gasteiger charge is 2.13. The largest absolute Gasteiger partial charge is 0.484 e. The van der Waals surface area contributed by atoms with Gasteiger partial charge in [0.05, 0.1) is 6.61 Å². The predicted molar refractivity (Wildman–Crippen MR) is 70.8 cm³/mol. The Morgan fingerprint density at radius 3 is 2.24 bits per heavy atom. The van der Waals surface area contributed by atoms with E-state index in [1.54, 1.807) is 0 Å². The monoisotopic (exact) mass is 255 g/mol. The Morgan fingerprint density at radius 2 is 1.71 bits per heavy atom. The molecular formula is C12H21NO3Si. The summed E-state index contributed by atoms with van der Waals surface area (Å²) in [6.45, 7) is 7.61. The summed E-state index contributed by atoms with van der Waals surface area (Å²) in [5.74, 6) is 0. The maximum absolute atomic E-state index is 5.78. The fourth-order valence-corrected chi connectivity index (χ4v) is 2.72. The molecule has 0 aliphatic carbocycles. The van der Waals surface area contributed by atoms with Crippen LogP contribution in [0.3, 0.4) is 0 Å². The van der Waals surface area contributed by atoms with E-state index in [2.05, 4.69) is 6.07 Å². The van der Waals surface area contributed by atoms with E-state index in [0.717, 1.165) is 16.8 Å². The highest BCUT2D eigenvalue weighted by molar-refractivity contribution is 6.36. The van der Waals surface area contributed by atoms with Crippen molar-refractivity contribution >= 4 is 15.2 Å². The lowest BCUT2D eigenvalue weighted by atomic mass is 10.1. The average Bonchev–Trinajstić information content (AvgIpc) is 2.25. The van der Waals surface area contributed by atoms with Gasteiger partial charge in [0.1, 0.15) is 0 Å². The lowest BCUT2D eigenvalue weighted by Gasteiger charge is -2.15. The van der Waals surface area contributed by atoms with E-state index >= 15 is 0 Å². The Labute approximate surface area is 105 Å². The van der Waals surface area contributed by atoms with Crippen molar-refractivity contribution in [1.82, 2.24) is 0 Å². The zero-order chi connectivity index (χ0) is 12.7. The van der Waals surface area contributed by atoms with Gasteiger partial charge < -0.3 is 19.0 Å². The number of benzene rings is 1. The van der Waals surface area contributed by atoms with E-state index in [1.165, 1.54) is 0 Å². The molecule has 0 bridgehead atoms. The van der Waals surface area contributed by atoms with Crippen LogP contribution < -0.4 is 5.73 Å². The van der Waals surface area contributed by atoms with Crippen LogP contribution >= 0.6 is 0 Å². The fourth-order valence-electron chi connectivity index (χ4n) is 1.56. The molecule has 0 radical (unpaired) electrons. The molecule has 1 aromatic carbocycles. The first-order valence-corrected chi connectivity index (χ1v) is 7.28. The van der Waals surface area contributed by atoms with Gasteiger partial charge in [0.15, 0.2) is 0 Å². The second-order valence-electron chi connectivity index (χ2n) is 3.76. The lowest BCUT2D eigenvalue weighted by molar-refractivity contribution is 0.0961. The standard InChI is InChI=1S/C12H21NO3Si/c1-4-14-17(15-5-2)16-9-11-6-10(3)7-12(13)8-11/h6-8,17H,4-5,9,13H2,1-3H3. The van der Waals surface area contributed by atoms with Crippen LogP contribution in [0.4, 0.5) is 5.69 Å². The molecule has 0 aliphatic rings. The molecule has 5 heteroatoms. The molecule has 4 nitrogen and oxygen atoms in total. The minimum absolute atomic E-state index is 0.489. The summed E-state index contributed by atoms with van der Waals surface area (Å²) in [7, 11) is -1.98. The van der Waals surface area contributed by atoms with Gasteiger partial charge in [-0.2, -0.15) is 0 Å². The van der Waals surface area contributed by atoms with Crippen LogP contribution in [0.2, 0.25) is 0 Å². The van der Waals surface area contributed by atoms with Crippen molar-refractivity contribution in [2.75, 3.05) is 18.9 Å². The molecule has 0 saturated heterocycles. The zero-order valence-corrected chi connectivity index (χ0v) is 11.9. The Hall–Kier alpha value is -0.883. The highest BCUT2D eigenvalue weighted by Crippen LogP contribution is 2.12. The Balaban J connectivity index is 2.52. The van der Waals surface area contributed by atoms with Gasteiger partial charge in [0.2, 0.25) is 0 Å². The van der Waals surface area contributed by atoms with Gasteiger partial charge in [-0.05, 0) is 44.0 Å². The topological polar surface area (TPSA) is 53.7 Å². The van der Waals surface area contributed by atoms with E-state index in [0.29, 0.717) is 19.8 Å². The summed E-state index contributed by atoms with van der Waals surface area (Å²) in [5.41, 5.74) is 8.72. The van der Waals surface area contributed by atoms with Crippen LogP contribution in [0.15, 0.2) is 18.2 Å². The third-order valence-electron chi connectivity index (χ3n) is 2.15. The second kappa shape index (κ2) is 7.44. The maximum Gasteiger partial charge on any atom is 0.484 e. The summed E-state index contributed by atoms with van der Waals surface area (Å²) in [5, 5.41) is 0. The van der Waals surface area contributed by atoms with Crippen molar-refractivity contribution in [2.45, 2.75) is 27.4 Å². The van der Waals surface area contributed by atoms with Crippen molar-refractivity contribution in [3.8, 4) is 0 Å². The molecule has 0 heterocycles. The Morgan fingerprint density at radius 1 is 1.06 bits per heavy atom. The van der Waals surface area contributed by atoms with Gasteiger partial charge in [-0.3, -0.25) is 0 Å². The van der Waals surface area contributed by atoms with E-state index in [1.807, 2.05) is 32.9 Å². The van der Waals surface area contributed by atoms with Crippen LogP contribution in [-0.2, 0) is 19.9 Å². The van der Waals surface area contributed by atoms with Gasteiger partial charge in [0, 0.05) is 18.9 Å². The SMILES string of the molecule is CCO[SiH](OCC)OCc1cc(C)cc(N)c1. The molecule has 0 atom stereocenters. The number of nitrogens with two attached hydrogens (primary N) is 1. The minimum Gasteiger partial charge on any atom is -0.399 e. The number of anilines is 1. The summed E-state index contributed by atoms with van der Waals surface area (Å²) < 4.78 is 16.5. The number of hydrogen-bond acceptors (Lipinski definition) is 4. The predicted octanol–water partition coefficient (Wildman–Crippen LogP) is 1.88. The molecule has 1 aromatic rings. The molecule has 17 heavy (non-hydrogen) atoms. The van der Waals surface area contributed by atoms with Crippen molar-refractivity contribution in [1.29, 1.82) is 0 Å². The molecule has 0 saturated carbocycles. The van der Waals surface area contributed by atoms with Crippen molar-refractivity contribution in [3.63, 3.8) is 0 Å². The number of rotatable bonds is 7. The summed E-state index contributed by atoms with van der Waals surface area (Å²) in [6, 6.07) is 5.90. The van der Waals surface area contributed by atoms with Crippen molar-refractivity contribution in [2.24, 2.45) is 0 Å². The summed E-state index contributed by atoms with van der Waals surface area (Å²) in [4.78, 5) is 0. The molecular weight excluding hydrogens is 234 g/mol. The average molecular weight is 255 g/mol. The molecule has 0 aromatic heterocycles. The third kappa shape index (κ3) is 5.32. The fraction of sp³-hybridized carbons (Fsp3) is 0.500. The molecule has 1 rings (SSSR count). The molecule has 96 valence electrons. The smallest absolute Gasteiger partial charge is 0.399 e. The lowest BCUT2D eigenvalue weighted by Crippen LogP contribution is -2.27. The third-order valence-corrected chi connectivity index (χ3v) is 3.80. The van der Waals surface area contributed by atoms with E-state index in [4.69, 9.17) is 19.0 Å². The van der Waals surface area contributed by atoms with Gasteiger partial charge in [-0.1, -0.05) is 6.07 Å². The molecule has 0 fully saturated rings. The van der Waals surface area contributed by atoms with Crippen LogP contribution in [-0.4, -0.2) is 22.7 Å². The normalized spacial score (nSPS) is 11.1. The van der Waals surface area contributed by atoms with E-state index in [-0.39, 0.29) is 0 Å². The van der Waals surface area contributed by atoms with E-state index < -0.39 is 9.53 Å². The van der Waals surface area contributed by atoms with Crippen LogP contribution in [0.25, 0.3) is 0 Å². The maximum atomic E-state index is 5.78. The number of nitrogen functional groups attached to an aromatic ring is 1. The van der Waals surface area contributed by atoms with E-state index in [9.17, 15) is 0 Å². The number of aryl methyl sites for hydroxylation is 1. The number of hydrogen-bond donors (Lipinski definition) is 1. The van der Waals surface area contributed by atoms with Crippen LogP contribution in [0, 0.1) is 6.92 Å². The first-order chi connectivity index (χ1) is 8.15. The molecule has 0 unspecified atom stereocenters. The van der Waals surface area contributed by atoms with Gasteiger partial charge in [-0.15, -0.1) is 0 Å². The minimum atomic E-state index is -1.98. The first-order valence-electron chi connectivity index (χ1n) is 5.86. The van der Waals surface area contributed by atoms with Gasteiger partial charge >= 0.3 is 9.53 Å². The van der Waals surface area contributed by atoms with Gasteiger partial charge in [-0.25, -0.2) is 0 Å². The van der Waals surface area contributed by atoms with Gasteiger partial charge in [0.25, 0.3) is 0 Å². The van der Waals surface area contributed by atoms with Crippen LogP contribution in [0.5, 0.6) is 0 Å².